The summed E-state index contributed by atoms with van der Waals surface area (Å²) in [7, 11) is 1.21. The molecule has 2 aliphatic heterocycles. The zero-order valence-electron chi connectivity index (χ0n) is 38.9. The van der Waals surface area contributed by atoms with Crippen LogP contribution in [0.15, 0.2) is 24.3 Å². The maximum atomic E-state index is 14.3. The van der Waals surface area contributed by atoms with Crippen molar-refractivity contribution in [1.82, 2.24) is 15.1 Å². The lowest BCUT2D eigenvalue weighted by Crippen LogP contribution is -2.61. The number of ether oxygens (including phenoxy) is 3. The van der Waals surface area contributed by atoms with E-state index in [1.54, 1.807) is 23.6 Å². The number of fused-ring (bicyclic) bond motifs is 2. The van der Waals surface area contributed by atoms with Crippen LogP contribution in [0, 0.1) is 0 Å². The molecule has 4 aliphatic carbocycles. The van der Waals surface area contributed by atoms with E-state index in [2.05, 4.69) is 10.1 Å². The number of hydrogen-bond donors (Lipinski definition) is 1. The van der Waals surface area contributed by atoms with Crippen LogP contribution in [0.5, 0.6) is 11.5 Å². The van der Waals surface area contributed by atoms with Gasteiger partial charge in [-0.05, 0) is 116 Å². The summed E-state index contributed by atoms with van der Waals surface area (Å²) in [5.41, 5.74) is -4.64. The Hall–Kier alpha value is -5.03. The summed E-state index contributed by atoms with van der Waals surface area (Å²) >= 11 is 0. The second-order valence-electron chi connectivity index (χ2n) is 19.4. The van der Waals surface area contributed by atoms with Gasteiger partial charge in [-0.2, -0.15) is 26.3 Å². The minimum atomic E-state index is -4.80. The van der Waals surface area contributed by atoms with E-state index in [9.17, 15) is 50.3 Å². The van der Waals surface area contributed by atoms with Crippen LogP contribution in [0.4, 0.5) is 36.8 Å². The highest BCUT2D eigenvalue weighted by atomic mass is 19.4. The van der Waals surface area contributed by atoms with Crippen LogP contribution in [0.25, 0.3) is 0 Å². The number of nitrogens with one attached hydrogen (secondary N) is 1. The van der Waals surface area contributed by atoms with Gasteiger partial charge >= 0.3 is 18.4 Å². The number of methoxy groups -OCH3 is 1. The molecule has 0 radical (unpaired) electrons. The Morgan fingerprint density at radius 1 is 0.701 bits per heavy atom. The molecule has 6 aliphatic rings. The summed E-state index contributed by atoms with van der Waals surface area (Å²) in [6.07, 6.45) is 2.23. The molecule has 0 atom stereocenters. The molecule has 4 saturated carbocycles. The van der Waals surface area contributed by atoms with Crippen molar-refractivity contribution in [2.24, 2.45) is 0 Å². The molecule has 1 N–H and O–H groups in total. The van der Waals surface area contributed by atoms with Gasteiger partial charge in [-0.25, -0.2) is 4.79 Å². The molecule has 67 heavy (non-hydrogen) atoms. The second kappa shape index (κ2) is 19.5. The number of alkyl carbamates (subject to hydrolysis) is 1. The molecule has 2 aromatic rings. The Kier molecular flexibility index (Phi) is 14.5. The van der Waals surface area contributed by atoms with Gasteiger partial charge in [0.05, 0.1) is 35.1 Å². The Morgan fingerprint density at radius 2 is 1.16 bits per heavy atom. The maximum Gasteiger partial charge on any atom is 0.417 e. The molecule has 4 amide bonds. The molecule has 4 fully saturated rings. The number of carbonyl (C=O) groups is 5. The number of halogens is 6. The van der Waals surface area contributed by atoms with Gasteiger partial charge in [0.1, 0.15) is 11.5 Å². The normalized spacial score (nSPS) is 20.1. The summed E-state index contributed by atoms with van der Waals surface area (Å²) in [5.74, 6) is -1.80. The lowest BCUT2D eigenvalue weighted by atomic mass is 9.73. The zero-order chi connectivity index (χ0) is 48.6. The van der Waals surface area contributed by atoms with E-state index in [1.165, 1.54) is 18.1 Å². The number of carbonyl (C=O) groups excluding carboxylic acids is 5. The van der Waals surface area contributed by atoms with Crippen molar-refractivity contribution in [3.05, 3.63) is 52.1 Å². The highest BCUT2D eigenvalue weighted by Gasteiger charge is 2.54. The highest BCUT2D eigenvalue weighted by molar-refractivity contribution is 6.06. The van der Waals surface area contributed by atoms with Crippen molar-refractivity contribution < 1.29 is 64.5 Å². The van der Waals surface area contributed by atoms with Gasteiger partial charge in [0, 0.05) is 49.2 Å². The van der Waals surface area contributed by atoms with Crippen LogP contribution >= 0.6 is 0 Å². The van der Waals surface area contributed by atoms with Gasteiger partial charge < -0.3 is 34.2 Å². The van der Waals surface area contributed by atoms with Crippen molar-refractivity contribution in [2.45, 2.75) is 185 Å². The zero-order valence-corrected chi connectivity index (χ0v) is 38.9. The number of benzene rings is 2. The van der Waals surface area contributed by atoms with Crippen LogP contribution < -0.4 is 19.7 Å². The highest BCUT2D eigenvalue weighted by Crippen LogP contribution is 2.50. The molecule has 2 heterocycles. The first-order valence-corrected chi connectivity index (χ1v) is 23.8. The molecule has 2 spiro atoms. The van der Waals surface area contributed by atoms with Crippen molar-refractivity contribution >= 4 is 35.3 Å². The first-order chi connectivity index (χ1) is 31.6. The molecule has 2 aromatic carbocycles. The SMILES string of the molecule is CC(C)N(C(=O)c1cc2c(cc1C(F)(F)F)OC1(CCC1)C(=O)C2)C1CCCCC1.COC(=O)NCCN1C(=O)C2(CCC2)Oc2cc(C(F)(F)F)c(C(=O)N(C(C)C)C3CCCCC3)cc21. The number of anilines is 1. The molecular formula is C49H62F6N4O8. The second-order valence-corrected chi connectivity index (χ2v) is 19.4. The Morgan fingerprint density at radius 3 is 1.60 bits per heavy atom. The molecule has 12 nitrogen and oxygen atoms in total. The van der Waals surface area contributed by atoms with E-state index in [4.69, 9.17) is 9.47 Å². The number of nitrogens with zero attached hydrogens (tertiary/aromatic N) is 3. The largest absolute Gasteiger partial charge is 0.479 e. The first-order valence-electron chi connectivity index (χ1n) is 23.8. The Labute approximate surface area is 387 Å². The number of ketones is 1. The van der Waals surface area contributed by atoms with Crippen LogP contribution in [-0.4, -0.2) is 95.0 Å². The average Bonchev–Trinajstić information content (AvgIpc) is 3.24. The molecule has 0 bridgehead atoms. The lowest BCUT2D eigenvalue weighted by molar-refractivity contribution is -0.144. The van der Waals surface area contributed by atoms with E-state index in [1.807, 2.05) is 13.8 Å². The number of hydrogen-bond acceptors (Lipinski definition) is 8. The summed E-state index contributed by atoms with van der Waals surface area (Å²) in [6, 6.07) is 3.47. The Balaban J connectivity index is 0.000000203. The molecule has 0 unspecified atom stereocenters. The van der Waals surface area contributed by atoms with Gasteiger partial charge in [-0.1, -0.05) is 38.5 Å². The van der Waals surface area contributed by atoms with Gasteiger partial charge in [0.25, 0.3) is 17.7 Å². The van der Waals surface area contributed by atoms with Crippen molar-refractivity contribution in [2.75, 3.05) is 25.1 Å². The molecule has 0 aromatic heterocycles. The average molecular weight is 949 g/mol. The molecule has 0 saturated heterocycles. The van der Waals surface area contributed by atoms with Crippen molar-refractivity contribution in [3.63, 3.8) is 0 Å². The number of alkyl halides is 6. The smallest absolute Gasteiger partial charge is 0.417 e. The predicted molar refractivity (Wildman–Crippen MR) is 235 cm³/mol. The van der Waals surface area contributed by atoms with Crippen molar-refractivity contribution in [3.8, 4) is 11.5 Å². The molecule has 368 valence electrons. The molecule has 18 heteroatoms. The van der Waals surface area contributed by atoms with Crippen molar-refractivity contribution in [1.29, 1.82) is 0 Å². The van der Waals surface area contributed by atoms with E-state index in [-0.39, 0.29) is 78.1 Å². The summed E-state index contributed by atoms with van der Waals surface area (Å²) in [4.78, 5) is 69.2. The van der Waals surface area contributed by atoms with Gasteiger partial charge in [-0.3, -0.25) is 19.2 Å². The predicted octanol–water partition coefficient (Wildman–Crippen LogP) is 10.2. The summed E-state index contributed by atoms with van der Waals surface area (Å²) < 4.78 is 101. The summed E-state index contributed by atoms with van der Waals surface area (Å²) in [5, 5.41) is 2.49. The van der Waals surface area contributed by atoms with Gasteiger partial charge in [0.15, 0.2) is 17.0 Å². The topological polar surface area (TPSA) is 135 Å². The number of amides is 4. The standard InChI is InChI=1S/C26H34F3N3O5.C23H28F3NO3/c1-16(2)32(17-8-5-4-6-9-17)22(33)18-14-20-21(15-19(18)26(27,28)29)37-25(10-7-11-25)23(34)31(20)13-12-30-24(35)36-3;1-14(2)27(16-7-4-3-5-8-16)21(29)17-11-15-12-20(28)22(9-6-10-22)30-19(15)13-18(17)23(24,25)26/h14-17H,4-13H2,1-3H3,(H,30,35);11,13-14,16H,3-10,12H2,1-2H3. The fourth-order valence-corrected chi connectivity index (χ4v) is 10.6. The third-order valence-electron chi connectivity index (χ3n) is 14.4. The number of rotatable bonds is 9. The van der Waals surface area contributed by atoms with Gasteiger partial charge in [0.2, 0.25) is 0 Å². The van der Waals surface area contributed by atoms with Crippen LogP contribution in [0.2, 0.25) is 0 Å². The minimum absolute atomic E-state index is 0.0123. The minimum Gasteiger partial charge on any atom is -0.479 e. The van der Waals surface area contributed by atoms with Crippen LogP contribution in [0.3, 0.4) is 0 Å². The van der Waals surface area contributed by atoms with Gasteiger partial charge in [-0.15, -0.1) is 0 Å². The fraction of sp³-hybridized carbons (Fsp3) is 0.653. The first kappa shape index (κ1) is 49.9. The summed E-state index contributed by atoms with van der Waals surface area (Å²) in [6.45, 7) is 7.28. The Bertz CT molecular complexity index is 2210. The molecular weight excluding hydrogens is 887 g/mol. The number of Topliss-reactive ketones (excluding diaryl/α,β-unsaturated/α-hetero) is 1. The fourth-order valence-electron chi connectivity index (χ4n) is 10.6. The van der Waals surface area contributed by atoms with E-state index < -0.39 is 58.2 Å². The molecule has 8 rings (SSSR count). The maximum absolute atomic E-state index is 14.3. The van der Waals surface area contributed by atoms with E-state index in [0.29, 0.717) is 37.7 Å². The van der Waals surface area contributed by atoms with E-state index in [0.717, 1.165) is 88.8 Å². The monoisotopic (exact) mass is 948 g/mol. The van der Waals surface area contributed by atoms with Crippen LogP contribution in [0.1, 0.15) is 168 Å². The quantitative estimate of drug-likeness (QED) is 0.246. The lowest BCUT2D eigenvalue weighted by Gasteiger charge is -2.47. The van der Waals surface area contributed by atoms with Crippen LogP contribution in [-0.2, 0) is 33.1 Å². The third kappa shape index (κ3) is 10.1. The van der Waals surface area contributed by atoms with E-state index >= 15 is 0 Å². The third-order valence-corrected chi connectivity index (χ3v) is 14.4.